The number of nitrogens with zero attached hydrogens (tertiary/aromatic N) is 5. The SMILES string of the molecule is CN(C)CCNCCON1C=Nc2c(n(C)c(=O)n(C)c2=O)N1. The van der Waals surface area contributed by atoms with Gasteiger partial charge in [-0.25, -0.2) is 9.79 Å². The molecule has 2 rings (SSSR count). The average Bonchev–Trinajstić information content (AvgIpc) is 2.53. The van der Waals surface area contributed by atoms with Crippen molar-refractivity contribution in [3.8, 4) is 0 Å². The highest BCUT2D eigenvalue weighted by Crippen LogP contribution is 2.21. The summed E-state index contributed by atoms with van der Waals surface area (Å²) in [4.78, 5) is 35.6. The van der Waals surface area contributed by atoms with Crippen LogP contribution in [0.1, 0.15) is 0 Å². The Hall–Kier alpha value is -2.17. The van der Waals surface area contributed by atoms with Crippen molar-refractivity contribution in [1.82, 2.24) is 24.5 Å². The minimum Gasteiger partial charge on any atom is -0.313 e. The van der Waals surface area contributed by atoms with E-state index in [2.05, 4.69) is 20.6 Å². The summed E-state index contributed by atoms with van der Waals surface area (Å²) in [5.41, 5.74) is 2.16. The van der Waals surface area contributed by atoms with Crippen LogP contribution in [0, 0.1) is 0 Å². The number of anilines is 1. The monoisotopic (exact) mass is 325 g/mol. The van der Waals surface area contributed by atoms with Gasteiger partial charge >= 0.3 is 5.69 Å². The number of hydrogen-bond acceptors (Lipinski definition) is 8. The largest absolute Gasteiger partial charge is 0.332 e. The Kier molecular flexibility index (Phi) is 5.53. The maximum absolute atomic E-state index is 12.0. The zero-order valence-electron chi connectivity index (χ0n) is 13.9. The molecule has 0 saturated carbocycles. The van der Waals surface area contributed by atoms with E-state index in [-0.39, 0.29) is 5.69 Å². The number of fused-ring (bicyclic) bond motifs is 1. The molecule has 0 aliphatic carbocycles. The van der Waals surface area contributed by atoms with Crippen molar-refractivity contribution >= 4 is 17.8 Å². The number of hydrazine groups is 1. The molecule has 1 aromatic heterocycles. The summed E-state index contributed by atoms with van der Waals surface area (Å²) in [7, 11) is 7.01. The summed E-state index contributed by atoms with van der Waals surface area (Å²) in [6, 6.07) is 0. The Labute approximate surface area is 133 Å². The first kappa shape index (κ1) is 17.2. The summed E-state index contributed by atoms with van der Waals surface area (Å²) in [5, 5.41) is 4.52. The molecule has 0 aromatic carbocycles. The number of hydroxylamine groups is 1. The second kappa shape index (κ2) is 7.40. The minimum atomic E-state index is -0.447. The maximum atomic E-state index is 12.0. The Bertz CT molecular complexity index is 692. The Morgan fingerprint density at radius 2 is 2.00 bits per heavy atom. The molecule has 0 radical (unpaired) electrons. The lowest BCUT2D eigenvalue weighted by Gasteiger charge is -2.26. The molecule has 128 valence electrons. The van der Waals surface area contributed by atoms with Crippen molar-refractivity contribution in [2.24, 2.45) is 19.1 Å². The molecule has 10 heteroatoms. The van der Waals surface area contributed by atoms with Crippen LogP contribution in [0.25, 0.3) is 0 Å². The van der Waals surface area contributed by atoms with Gasteiger partial charge in [-0.2, -0.15) is 0 Å². The fourth-order valence-electron chi connectivity index (χ4n) is 2.02. The fraction of sp³-hybridized carbons (Fsp3) is 0.615. The first-order chi connectivity index (χ1) is 10.9. The van der Waals surface area contributed by atoms with Gasteiger partial charge < -0.3 is 10.2 Å². The van der Waals surface area contributed by atoms with E-state index in [4.69, 9.17) is 4.84 Å². The quantitative estimate of drug-likeness (QED) is 0.587. The van der Waals surface area contributed by atoms with Crippen LogP contribution >= 0.6 is 0 Å². The van der Waals surface area contributed by atoms with E-state index >= 15 is 0 Å². The van der Waals surface area contributed by atoms with Crippen LogP contribution in [0.15, 0.2) is 14.6 Å². The molecule has 0 unspecified atom stereocenters. The molecular formula is C13H23N7O3. The van der Waals surface area contributed by atoms with Gasteiger partial charge in [0.05, 0.1) is 6.61 Å². The molecule has 0 atom stereocenters. The number of likely N-dealkylation sites (N-methyl/N-ethyl adjacent to an activating group) is 1. The van der Waals surface area contributed by atoms with Crippen LogP contribution < -0.4 is 22.0 Å². The number of nitrogens with one attached hydrogen (secondary N) is 2. The van der Waals surface area contributed by atoms with E-state index in [1.54, 1.807) is 7.05 Å². The van der Waals surface area contributed by atoms with Crippen molar-refractivity contribution in [3.63, 3.8) is 0 Å². The molecule has 0 amide bonds. The molecule has 2 N–H and O–H groups in total. The van der Waals surface area contributed by atoms with Crippen molar-refractivity contribution in [2.45, 2.75) is 0 Å². The normalized spacial score (nSPS) is 13.3. The smallest absolute Gasteiger partial charge is 0.313 e. The van der Waals surface area contributed by atoms with Crippen LogP contribution in [0.5, 0.6) is 0 Å². The number of aromatic nitrogens is 2. The summed E-state index contributed by atoms with van der Waals surface area (Å²) in [6.45, 7) is 2.90. The van der Waals surface area contributed by atoms with Gasteiger partial charge in [0.2, 0.25) is 0 Å². The molecule has 1 aliphatic heterocycles. The highest BCUT2D eigenvalue weighted by atomic mass is 16.7. The lowest BCUT2D eigenvalue weighted by molar-refractivity contribution is -0.0747. The molecule has 0 saturated heterocycles. The van der Waals surface area contributed by atoms with Gasteiger partial charge in [-0.3, -0.25) is 24.2 Å². The highest BCUT2D eigenvalue weighted by Gasteiger charge is 2.20. The molecule has 0 spiro atoms. The predicted octanol–water partition coefficient (Wildman–Crippen LogP) is -1.53. The van der Waals surface area contributed by atoms with E-state index in [9.17, 15) is 9.59 Å². The number of hydrogen-bond donors (Lipinski definition) is 2. The summed E-state index contributed by atoms with van der Waals surface area (Å²) < 4.78 is 2.34. The second-order valence-electron chi connectivity index (χ2n) is 5.47. The zero-order valence-corrected chi connectivity index (χ0v) is 13.9. The lowest BCUT2D eigenvalue weighted by atomic mass is 10.4. The second-order valence-corrected chi connectivity index (χ2v) is 5.47. The molecule has 0 fully saturated rings. The molecule has 1 aromatic rings. The van der Waals surface area contributed by atoms with Gasteiger partial charge in [-0.05, 0) is 14.1 Å². The highest BCUT2D eigenvalue weighted by molar-refractivity contribution is 5.73. The third-order valence-corrected chi connectivity index (χ3v) is 3.39. The summed E-state index contributed by atoms with van der Waals surface area (Å²) in [6.07, 6.45) is 1.37. The van der Waals surface area contributed by atoms with E-state index in [0.29, 0.717) is 19.0 Å². The van der Waals surface area contributed by atoms with Gasteiger partial charge in [-0.1, -0.05) is 0 Å². The Balaban J connectivity index is 1.92. The van der Waals surface area contributed by atoms with E-state index in [0.717, 1.165) is 17.7 Å². The Morgan fingerprint density at radius 1 is 1.26 bits per heavy atom. The van der Waals surface area contributed by atoms with Crippen LogP contribution in [0.3, 0.4) is 0 Å². The zero-order chi connectivity index (χ0) is 17.0. The van der Waals surface area contributed by atoms with Gasteiger partial charge in [0.15, 0.2) is 11.5 Å². The van der Waals surface area contributed by atoms with Crippen LogP contribution in [0.2, 0.25) is 0 Å². The molecular weight excluding hydrogens is 302 g/mol. The predicted molar refractivity (Wildman–Crippen MR) is 87.9 cm³/mol. The maximum Gasteiger partial charge on any atom is 0.332 e. The van der Waals surface area contributed by atoms with Crippen LogP contribution in [0.4, 0.5) is 11.5 Å². The van der Waals surface area contributed by atoms with E-state index in [1.165, 1.54) is 23.1 Å². The van der Waals surface area contributed by atoms with E-state index < -0.39 is 11.2 Å². The molecule has 23 heavy (non-hydrogen) atoms. The summed E-state index contributed by atoms with van der Waals surface area (Å²) >= 11 is 0. The van der Waals surface area contributed by atoms with Gasteiger partial charge in [0, 0.05) is 33.7 Å². The third-order valence-electron chi connectivity index (χ3n) is 3.39. The van der Waals surface area contributed by atoms with Crippen molar-refractivity contribution in [2.75, 3.05) is 45.8 Å². The Morgan fingerprint density at radius 3 is 2.70 bits per heavy atom. The fourth-order valence-corrected chi connectivity index (χ4v) is 2.02. The molecule has 1 aliphatic rings. The van der Waals surface area contributed by atoms with Crippen molar-refractivity contribution < 1.29 is 4.84 Å². The summed E-state index contributed by atoms with van der Waals surface area (Å²) in [5.74, 6) is 0.307. The lowest BCUT2D eigenvalue weighted by Crippen LogP contribution is -2.42. The van der Waals surface area contributed by atoms with Crippen LogP contribution in [-0.4, -0.2) is 65.9 Å². The standard InChI is InChI=1S/C13H23N7O3/c1-17(2)7-5-14-6-8-23-20-9-15-10-11(16-20)18(3)13(22)19(4)12(10)21/h9,14,16H,5-8H2,1-4H3. The number of rotatable bonds is 7. The molecule has 2 heterocycles. The van der Waals surface area contributed by atoms with Crippen molar-refractivity contribution in [3.05, 3.63) is 20.8 Å². The van der Waals surface area contributed by atoms with Crippen LogP contribution in [-0.2, 0) is 18.9 Å². The third kappa shape index (κ3) is 3.97. The minimum absolute atomic E-state index is 0.179. The van der Waals surface area contributed by atoms with Gasteiger partial charge in [0.25, 0.3) is 5.56 Å². The van der Waals surface area contributed by atoms with E-state index in [1.807, 2.05) is 14.1 Å². The average molecular weight is 325 g/mol. The van der Waals surface area contributed by atoms with Gasteiger partial charge in [-0.15, -0.1) is 5.17 Å². The molecule has 0 bridgehead atoms. The number of aliphatic imine (C=N–C) groups is 1. The first-order valence-electron chi connectivity index (χ1n) is 7.30. The van der Waals surface area contributed by atoms with Crippen molar-refractivity contribution in [1.29, 1.82) is 0 Å². The first-order valence-corrected chi connectivity index (χ1v) is 7.30. The topological polar surface area (TPSA) is 96.1 Å². The molecule has 10 nitrogen and oxygen atoms in total. The van der Waals surface area contributed by atoms with Gasteiger partial charge in [0.1, 0.15) is 6.34 Å².